The van der Waals surface area contributed by atoms with Crippen molar-refractivity contribution in [3.63, 3.8) is 0 Å². The number of aliphatic hydroxyl groups excluding tert-OH is 1. The normalized spacial score (nSPS) is 18.1. The lowest BCUT2D eigenvalue weighted by atomic mass is 10.1. The minimum atomic E-state index is -3.41. The predicted octanol–water partition coefficient (Wildman–Crippen LogP) is 3.81. The molecule has 0 saturated carbocycles. The quantitative estimate of drug-likeness (QED) is 0.221. The molecule has 1 aliphatic heterocycles. The molecule has 1 fully saturated rings. The van der Waals surface area contributed by atoms with E-state index < -0.39 is 17.2 Å². The molecule has 0 bridgehead atoms. The van der Waals surface area contributed by atoms with Gasteiger partial charge >= 0.3 is 0 Å². The van der Waals surface area contributed by atoms with Gasteiger partial charge in [-0.3, -0.25) is 18.2 Å². The molecule has 7 N–H and O–H groups in total. The molecule has 0 aliphatic carbocycles. The Bertz CT molecular complexity index is 1190. The van der Waals surface area contributed by atoms with Crippen LogP contribution in [0.25, 0.3) is 6.08 Å². The van der Waals surface area contributed by atoms with Crippen LogP contribution in [0.1, 0.15) is 11.1 Å². The lowest BCUT2D eigenvalue weighted by Crippen LogP contribution is -2.26. The Morgan fingerprint density at radius 2 is 1.88 bits per heavy atom. The van der Waals surface area contributed by atoms with Gasteiger partial charge in [0.2, 0.25) is 5.91 Å². The topological polar surface area (TPSA) is 140 Å². The number of nitrogens with two attached hydrogens (primary N) is 1. The number of amides is 1. The van der Waals surface area contributed by atoms with Crippen molar-refractivity contribution in [1.29, 1.82) is 0 Å². The average Bonchev–Trinajstić information content (AvgIpc) is 3.10. The maximum atomic E-state index is 12.3. The summed E-state index contributed by atoms with van der Waals surface area (Å²) in [5.41, 5.74) is 8.84. The molecule has 3 aromatic rings. The van der Waals surface area contributed by atoms with Crippen LogP contribution in [-0.4, -0.2) is 32.9 Å². The largest absolute Gasteiger partial charge is 0.487 e. The second kappa shape index (κ2) is 10.2. The Kier molecular flexibility index (Phi) is 7.06. The molecule has 3 aromatic carbocycles. The summed E-state index contributed by atoms with van der Waals surface area (Å²) >= 11 is 0. The molecule has 0 radical (unpaired) electrons. The number of hydrogen-bond donors (Lipinski definition) is 6. The first kappa shape index (κ1) is 23.6. The van der Waals surface area contributed by atoms with Gasteiger partial charge in [0.15, 0.2) is 0 Å². The van der Waals surface area contributed by atoms with E-state index in [-0.39, 0.29) is 19.1 Å². The molecule has 1 saturated heterocycles. The number of carbonyl (C=O) groups is 1. The van der Waals surface area contributed by atoms with E-state index in [2.05, 4.69) is 10.0 Å². The molecule has 9 nitrogen and oxygen atoms in total. The van der Waals surface area contributed by atoms with Crippen molar-refractivity contribution in [3.8, 4) is 5.75 Å². The molecule has 10 heteroatoms. The smallest absolute Gasteiger partial charge is 0.248 e. The van der Waals surface area contributed by atoms with Crippen molar-refractivity contribution < 1.29 is 23.7 Å². The number of carbonyl (C=O) groups excluding carboxylic acids is 1. The first-order valence-electron chi connectivity index (χ1n) is 10.5. The van der Waals surface area contributed by atoms with Gasteiger partial charge in [-0.15, -0.1) is 0 Å². The van der Waals surface area contributed by atoms with Crippen LogP contribution in [0.5, 0.6) is 5.75 Å². The number of ether oxygens (including phenoxy) is 1. The summed E-state index contributed by atoms with van der Waals surface area (Å²) in [7, 11) is -3.41. The van der Waals surface area contributed by atoms with E-state index >= 15 is 0 Å². The summed E-state index contributed by atoms with van der Waals surface area (Å²) in [6, 6.07) is 21.6. The van der Waals surface area contributed by atoms with Crippen molar-refractivity contribution in [2.45, 2.75) is 12.8 Å². The molecule has 178 valence electrons. The van der Waals surface area contributed by atoms with Gasteiger partial charge in [-0.2, -0.15) is 4.72 Å². The molecule has 1 heterocycles. The van der Waals surface area contributed by atoms with Gasteiger partial charge in [0, 0.05) is 6.08 Å². The third-order valence-corrected chi connectivity index (χ3v) is 6.62. The van der Waals surface area contributed by atoms with E-state index in [0.29, 0.717) is 28.4 Å². The van der Waals surface area contributed by atoms with Crippen LogP contribution < -0.4 is 24.8 Å². The number of benzene rings is 3. The van der Waals surface area contributed by atoms with Crippen molar-refractivity contribution in [2.75, 3.05) is 21.9 Å². The van der Waals surface area contributed by atoms with Crippen LogP contribution in [0, 0.1) is 0 Å². The molecule has 1 atom stereocenters. The van der Waals surface area contributed by atoms with Gasteiger partial charge in [-0.1, -0.05) is 59.5 Å². The highest BCUT2D eigenvalue weighted by atomic mass is 32.3. The van der Waals surface area contributed by atoms with Gasteiger partial charge in [0.05, 0.1) is 17.9 Å². The number of nitrogen functional groups attached to an aromatic ring is 1. The van der Waals surface area contributed by atoms with Crippen LogP contribution in [0.3, 0.4) is 0 Å². The molecular weight excluding hydrogens is 456 g/mol. The van der Waals surface area contributed by atoms with E-state index in [1.165, 1.54) is 10.4 Å². The lowest BCUT2D eigenvalue weighted by Gasteiger charge is -2.37. The second-order valence-electron chi connectivity index (χ2n) is 7.62. The molecule has 1 amide bonds. The SMILES string of the molecule is Nc1ccccc1NC(=O)/C=C/c1ccc(N2CC(O)NS2(O)O)c(OCc2ccccc2)c1. The predicted molar refractivity (Wildman–Crippen MR) is 135 cm³/mol. The maximum Gasteiger partial charge on any atom is 0.248 e. The standard InChI is InChI=1S/C24H26N4O5S/c25-19-8-4-5-9-20(19)26-23(29)13-11-17-10-12-21(28-15-24(30)27-34(28,31)32)22(14-17)33-16-18-6-2-1-3-7-18/h1-14,24,27,30-32H,15-16,25H2,(H,26,29)/b13-11+. The molecule has 1 aliphatic rings. The summed E-state index contributed by atoms with van der Waals surface area (Å²) in [6.45, 7) is 0.220. The zero-order chi connectivity index (χ0) is 24.1. The fourth-order valence-electron chi connectivity index (χ4n) is 3.43. The van der Waals surface area contributed by atoms with Crippen LogP contribution >= 0.6 is 11.0 Å². The summed E-state index contributed by atoms with van der Waals surface area (Å²) in [5.74, 6) is 0.0179. The van der Waals surface area contributed by atoms with Crippen molar-refractivity contribution in [1.82, 2.24) is 4.72 Å². The third kappa shape index (κ3) is 5.68. The van der Waals surface area contributed by atoms with Crippen molar-refractivity contribution in [2.24, 2.45) is 0 Å². The monoisotopic (exact) mass is 482 g/mol. The molecule has 0 aromatic heterocycles. The fraction of sp³-hybridized carbons (Fsp3) is 0.125. The van der Waals surface area contributed by atoms with Crippen LogP contribution in [0.15, 0.2) is 78.9 Å². The van der Waals surface area contributed by atoms with Crippen LogP contribution in [0.4, 0.5) is 17.1 Å². The number of nitrogens with zero attached hydrogens (tertiary/aromatic N) is 1. The van der Waals surface area contributed by atoms with Crippen molar-refractivity contribution >= 4 is 40.0 Å². The Labute approximate surface area is 199 Å². The highest BCUT2D eigenvalue weighted by Gasteiger charge is 2.36. The summed E-state index contributed by atoms with van der Waals surface area (Å²) in [6.07, 6.45) is 1.89. The van der Waals surface area contributed by atoms with E-state index in [1.54, 1.807) is 48.5 Å². The van der Waals surface area contributed by atoms with E-state index in [9.17, 15) is 19.0 Å². The number of aliphatic hydroxyl groups is 1. The lowest BCUT2D eigenvalue weighted by molar-refractivity contribution is -0.111. The second-order valence-corrected chi connectivity index (χ2v) is 9.34. The first-order chi connectivity index (χ1) is 16.3. The zero-order valence-electron chi connectivity index (χ0n) is 18.2. The van der Waals surface area contributed by atoms with Gasteiger partial charge in [-0.25, -0.2) is 0 Å². The summed E-state index contributed by atoms with van der Waals surface area (Å²) in [5, 5.41) is 12.6. The minimum absolute atomic E-state index is 0.0277. The number of anilines is 3. The molecular formula is C24H26N4O5S. The number of nitrogens with one attached hydrogen (secondary N) is 2. The van der Waals surface area contributed by atoms with Gasteiger partial charge in [0.1, 0.15) is 24.3 Å². The van der Waals surface area contributed by atoms with Gasteiger partial charge in [0.25, 0.3) is 0 Å². The Morgan fingerprint density at radius 1 is 1.15 bits per heavy atom. The summed E-state index contributed by atoms with van der Waals surface area (Å²) < 4.78 is 30.4. The highest BCUT2D eigenvalue weighted by Crippen LogP contribution is 2.49. The number of rotatable bonds is 7. The molecule has 4 rings (SSSR count). The third-order valence-electron chi connectivity index (χ3n) is 5.08. The van der Waals surface area contributed by atoms with E-state index in [1.807, 2.05) is 30.3 Å². The summed E-state index contributed by atoms with van der Waals surface area (Å²) in [4.78, 5) is 12.3. The molecule has 34 heavy (non-hydrogen) atoms. The Balaban J connectivity index is 1.57. The number of hydrogen-bond acceptors (Lipinski definition) is 8. The Hall–Kier alpha value is -3.54. The van der Waals surface area contributed by atoms with Crippen molar-refractivity contribution in [3.05, 3.63) is 90.0 Å². The van der Waals surface area contributed by atoms with E-state index in [0.717, 1.165) is 5.56 Å². The molecule has 0 spiro atoms. The zero-order valence-corrected chi connectivity index (χ0v) is 19.0. The highest BCUT2D eigenvalue weighted by molar-refractivity contribution is 8.24. The molecule has 1 unspecified atom stereocenters. The van der Waals surface area contributed by atoms with Crippen LogP contribution in [0.2, 0.25) is 0 Å². The minimum Gasteiger partial charge on any atom is -0.487 e. The van der Waals surface area contributed by atoms with Gasteiger partial charge < -0.3 is 20.9 Å². The number of para-hydroxylation sites is 2. The van der Waals surface area contributed by atoms with E-state index in [4.69, 9.17) is 10.5 Å². The maximum absolute atomic E-state index is 12.3. The first-order valence-corrected chi connectivity index (χ1v) is 12.0. The van der Waals surface area contributed by atoms with Gasteiger partial charge in [-0.05, 0) is 41.5 Å². The fourth-order valence-corrected chi connectivity index (χ4v) is 4.77. The Morgan fingerprint density at radius 3 is 2.59 bits per heavy atom. The number of β-amino-alcohol motifs (C(OH)–C–C–N with tert-alkyl or cyclic N) is 1. The average molecular weight is 483 g/mol. The van der Waals surface area contributed by atoms with Crippen LogP contribution in [-0.2, 0) is 11.4 Å².